The summed E-state index contributed by atoms with van der Waals surface area (Å²) in [6, 6.07) is 2.11. The van der Waals surface area contributed by atoms with Crippen molar-refractivity contribution in [1.29, 1.82) is 0 Å². The minimum Gasteiger partial charge on any atom is -0.344 e. The Morgan fingerprint density at radius 3 is 2.92 bits per heavy atom. The number of H-pyrrole nitrogens is 1. The van der Waals surface area contributed by atoms with Crippen molar-refractivity contribution < 1.29 is 17.6 Å². The van der Waals surface area contributed by atoms with Crippen LogP contribution in [-0.4, -0.2) is 53.3 Å². The Hall–Kier alpha value is -1.96. The number of halogens is 1. The number of unbranched alkanes of at least 4 members (excludes halogenated alkanes) is 1. The number of aromatic amines is 1. The normalized spacial score (nSPS) is 19.7. The van der Waals surface area contributed by atoms with Crippen LogP contribution in [0.5, 0.6) is 0 Å². The van der Waals surface area contributed by atoms with Crippen LogP contribution < -0.4 is 0 Å². The highest BCUT2D eigenvalue weighted by molar-refractivity contribution is 7.91. The van der Waals surface area contributed by atoms with Crippen LogP contribution in [0.25, 0.3) is 11.0 Å². The van der Waals surface area contributed by atoms with Gasteiger partial charge in [-0.15, -0.1) is 0 Å². The maximum Gasteiger partial charge on any atom is 0.256 e. The van der Waals surface area contributed by atoms with Gasteiger partial charge in [-0.05, 0) is 25.0 Å². The molecule has 1 saturated heterocycles. The number of nitrogens with zero attached hydrogens (tertiary/aromatic N) is 2. The molecule has 3 rings (SSSR count). The summed E-state index contributed by atoms with van der Waals surface area (Å²) in [6.45, 7) is 2.46. The van der Waals surface area contributed by atoms with Crippen molar-refractivity contribution in [2.24, 2.45) is 0 Å². The summed E-state index contributed by atoms with van der Waals surface area (Å²) in [4.78, 5) is 21.5. The monoisotopic (exact) mass is 353 g/mol. The first-order valence-corrected chi connectivity index (χ1v) is 9.87. The first-order chi connectivity index (χ1) is 11.4. The Morgan fingerprint density at radius 2 is 2.25 bits per heavy atom. The van der Waals surface area contributed by atoms with E-state index in [9.17, 15) is 17.6 Å². The van der Waals surface area contributed by atoms with Crippen LogP contribution in [0.15, 0.2) is 18.5 Å². The molecule has 1 aliphatic heterocycles. The van der Waals surface area contributed by atoms with Gasteiger partial charge in [-0.1, -0.05) is 13.3 Å². The molecule has 130 valence electrons. The zero-order valence-electron chi connectivity index (χ0n) is 13.5. The number of hydrogen-bond acceptors (Lipinski definition) is 4. The highest BCUT2D eigenvalue weighted by Crippen LogP contribution is 2.24. The standard InChI is InChI=1S/C16H20FN3O3S/c1-2-3-5-20(12-4-6-24(22,23)9-12)16(21)13-7-11(17)8-14-15(13)19-10-18-14/h7-8,10,12H,2-6,9H2,1H3,(H,18,19). The second kappa shape index (κ2) is 6.51. The lowest BCUT2D eigenvalue weighted by Gasteiger charge is -2.28. The van der Waals surface area contributed by atoms with E-state index < -0.39 is 15.7 Å². The van der Waals surface area contributed by atoms with Crippen molar-refractivity contribution in [3.63, 3.8) is 0 Å². The summed E-state index contributed by atoms with van der Waals surface area (Å²) in [5.41, 5.74) is 1.03. The average molecular weight is 353 g/mol. The Morgan fingerprint density at radius 1 is 1.46 bits per heavy atom. The second-order valence-corrected chi connectivity index (χ2v) is 8.39. The van der Waals surface area contributed by atoms with Crippen LogP contribution >= 0.6 is 0 Å². The molecular weight excluding hydrogens is 333 g/mol. The Labute approximate surface area is 140 Å². The number of aromatic nitrogens is 2. The smallest absolute Gasteiger partial charge is 0.256 e. The average Bonchev–Trinajstić information content (AvgIpc) is 3.12. The van der Waals surface area contributed by atoms with Gasteiger partial charge in [-0.3, -0.25) is 4.79 Å². The molecule has 24 heavy (non-hydrogen) atoms. The lowest BCUT2D eigenvalue weighted by molar-refractivity contribution is 0.0695. The van der Waals surface area contributed by atoms with Gasteiger partial charge in [0.2, 0.25) is 0 Å². The molecule has 1 aliphatic rings. The van der Waals surface area contributed by atoms with Crippen LogP contribution in [0.4, 0.5) is 4.39 Å². The molecule has 1 unspecified atom stereocenters. The SMILES string of the molecule is CCCCN(C(=O)c1cc(F)cc2[nH]cnc12)C1CCS(=O)(=O)C1. The number of hydrogen-bond donors (Lipinski definition) is 1. The molecule has 0 spiro atoms. The van der Waals surface area contributed by atoms with Crippen molar-refractivity contribution in [2.75, 3.05) is 18.1 Å². The summed E-state index contributed by atoms with van der Waals surface area (Å²) in [7, 11) is -3.11. The zero-order valence-corrected chi connectivity index (χ0v) is 14.3. The summed E-state index contributed by atoms with van der Waals surface area (Å²) < 4.78 is 37.4. The highest BCUT2D eigenvalue weighted by Gasteiger charge is 2.35. The van der Waals surface area contributed by atoms with Crippen molar-refractivity contribution in [1.82, 2.24) is 14.9 Å². The van der Waals surface area contributed by atoms with Crippen LogP contribution in [0, 0.1) is 5.82 Å². The summed E-state index contributed by atoms with van der Waals surface area (Å²) in [5, 5.41) is 0. The molecule has 0 aliphatic carbocycles. The largest absolute Gasteiger partial charge is 0.344 e. The first-order valence-electron chi connectivity index (χ1n) is 8.05. The number of carbonyl (C=O) groups is 1. The van der Waals surface area contributed by atoms with Gasteiger partial charge >= 0.3 is 0 Å². The molecule has 0 radical (unpaired) electrons. The van der Waals surface area contributed by atoms with E-state index in [2.05, 4.69) is 9.97 Å². The molecule has 6 nitrogen and oxygen atoms in total. The van der Waals surface area contributed by atoms with E-state index in [1.807, 2.05) is 6.92 Å². The minimum absolute atomic E-state index is 0.0263. The fourth-order valence-electron chi connectivity index (χ4n) is 3.13. The van der Waals surface area contributed by atoms with E-state index in [0.29, 0.717) is 24.0 Å². The van der Waals surface area contributed by atoms with E-state index in [-0.39, 0.29) is 29.0 Å². The van der Waals surface area contributed by atoms with Gasteiger partial charge in [-0.2, -0.15) is 0 Å². The predicted molar refractivity (Wildman–Crippen MR) is 89.1 cm³/mol. The first kappa shape index (κ1) is 16.9. The minimum atomic E-state index is -3.11. The lowest BCUT2D eigenvalue weighted by atomic mass is 10.1. The maximum atomic E-state index is 13.8. The number of carbonyl (C=O) groups excluding carboxylic acids is 1. The van der Waals surface area contributed by atoms with Crippen molar-refractivity contribution in [2.45, 2.75) is 32.2 Å². The fraction of sp³-hybridized carbons (Fsp3) is 0.500. The fourth-order valence-corrected chi connectivity index (χ4v) is 4.86. The van der Waals surface area contributed by atoms with Gasteiger partial charge < -0.3 is 9.88 Å². The van der Waals surface area contributed by atoms with Gasteiger partial charge in [0.15, 0.2) is 9.84 Å². The second-order valence-electron chi connectivity index (χ2n) is 6.16. The Balaban J connectivity index is 1.97. The molecule has 1 fully saturated rings. The topological polar surface area (TPSA) is 83.1 Å². The molecule has 2 aromatic rings. The van der Waals surface area contributed by atoms with Gasteiger partial charge in [-0.25, -0.2) is 17.8 Å². The molecule has 0 bridgehead atoms. The molecular formula is C16H20FN3O3S. The van der Waals surface area contributed by atoms with Gasteiger partial charge in [0.05, 0.1) is 28.9 Å². The Bertz CT molecular complexity index is 863. The van der Waals surface area contributed by atoms with Crippen molar-refractivity contribution >= 4 is 26.8 Å². The molecule has 2 heterocycles. The van der Waals surface area contributed by atoms with Crippen LogP contribution in [0.2, 0.25) is 0 Å². The van der Waals surface area contributed by atoms with Gasteiger partial charge in [0.1, 0.15) is 11.3 Å². The number of rotatable bonds is 5. The van der Waals surface area contributed by atoms with E-state index in [1.165, 1.54) is 18.5 Å². The van der Waals surface area contributed by atoms with Crippen LogP contribution in [0.1, 0.15) is 36.5 Å². The number of amides is 1. The van der Waals surface area contributed by atoms with E-state index in [0.717, 1.165) is 12.8 Å². The number of fused-ring (bicyclic) bond motifs is 1. The molecule has 8 heteroatoms. The van der Waals surface area contributed by atoms with Crippen LogP contribution in [-0.2, 0) is 9.84 Å². The maximum absolute atomic E-state index is 13.8. The van der Waals surface area contributed by atoms with E-state index >= 15 is 0 Å². The molecule has 1 aromatic heterocycles. The number of nitrogens with one attached hydrogen (secondary N) is 1. The highest BCUT2D eigenvalue weighted by atomic mass is 32.2. The predicted octanol–water partition coefficient (Wildman–Crippen LogP) is 2.13. The zero-order chi connectivity index (χ0) is 17.3. The van der Waals surface area contributed by atoms with Crippen molar-refractivity contribution in [3.8, 4) is 0 Å². The third kappa shape index (κ3) is 3.28. The molecule has 1 N–H and O–H groups in total. The third-order valence-electron chi connectivity index (χ3n) is 4.38. The van der Waals surface area contributed by atoms with Crippen molar-refractivity contribution in [3.05, 3.63) is 29.8 Å². The van der Waals surface area contributed by atoms with Crippen LogP contribution in [0.3, 0.4) is 0 Å². The number of imidazole rings is 1. The quantitative estimate of drug-likeness (QED) is 0.893. The van der Waals surface area contributed by atoms with E-state index in [1.54, 1.807) is 4.90 Å². The molecule has 1 aromatic carbocycles. The Kier molecular flexibility index (Phi) is 4.58. The van der Waals surface area contributed by atoms with E-state index in [4.69, 9.17) is 0 Å². The molecule has 1 amide bonds. The van der Waals surface area contributed by atoms with Gasteiger partial charge in [0, 0.05) is 12.6 Å². The number of benzene rings is 1. The summed E-state index contributed by atoms with van der Waals surface area (Å²) in [6.07, 6.45) is 3.49. The number of sulfone groups is 1. The van der Waals surface area contributed by atoms with Gasteiger partial charge in [0.25, 0.3) is 5.91 Å². The lowest BCUT2D eigenvalue weighted by Crippen LogP contribution is -2.42. The molecule has 0 saturated carbocycles. The summed E-state index contributed by atoms with van der Waals surface area (Å²) >= 11 is 0. The third-order valence-corrected chi connectivity index (χ3v) is 6.13. The summed E-state index contributed by atoms with van der Waals surface area (Å²) in [5.74, 6) is -0.817. The molecule has 1 atom stereocenters.